The molecule has 0 fully saturated rings. The van der Waals surface area contributed by atoms with E-state index in [0.717, 1.165) is 17.9 Å². The number of aromatic nitrogens is 3. The smallest absolute Gasteiger partial charge is 0.293 e. The van der Waals surface area contributed by atoms with E-state index < -0.39 is 0 Å². The van der Waals surface area contributed by atoms with E-state index in [-0.39, 0.29) is 11.7 Å². The van der Waals surface area contributed by atoms with Crippen LogP contribution in [0.15, 0.2) is 53.2 Å². The molecular weight excluding hydrogens is 268 g/mol. The van der Waals surface area contributed by atoms with Gasteiger partial charge in [-0.3, -0.25) is 14.7 Å². The minimum absolute atomic E-state index is 0.259. The number of amides is 1. The van der Waals surface area contributed by atoms with Gasteiger partial charge in [-0.15, -0.1) is 10.2 Å². The molecule has 0 aliphatic heterocycles. The van der Waals surface area contributed by atoms with Gasteiger partial charge in [0.15, 0.2) is 5.76 Å². The molecule has 0 aliphatic carbocycles. The van der Waals surface area contributed by atoms with Gasteiger partial charge in [0.1, 0.15) is 12.1 Å². The molecule has 0 unspecified atom stereocenters. The minimum Gasteiger partial charge on any atom is -0.456 e. The highest BCUT2D eigenvalue weighted by Gasteiger charge is 2.14. The first-order valence-electron chi connectivity index (χ1n) is 6.63. The Hall–Kier alpha value is -2.89. The second kappa shape index (κ2) is 5.62. The van der Waals surface area contributed by atoms with Crippen LogP contribution in [0.2, 0.25) is 0 Å². The van der Waals surface area contributed by atoms with Crippen LogP contribution in [0.5, 0.6) is 0 Å². The van der Waals surface area contributed by atoms with Crippen LogP contribution in [0, 0.1) is 0 Å². The van der Waals surface area contributed by atoms with E-state index in [1.54, 1.807) is 23.0 Å². The van der Waals surface area contributed by atoms with Crippen molar-refractivity contribution in [3.8, 4) is 5.69 Å². The summed E-state index contributed by atoms with van der Waals surface area (Å²) in [6, 6.07) is 13.0. The van der Waals surface area contributed by atoms with Gasteiger partial charge in [0.05, 0.1) is 5.69 Å². The Balaban J connectivity index is 1.83. The Kier molecular flexibility index (Phi) is 3.51. The summed E-state index contributed by atoms with van der Waals surface area (Å²) in [5.74, 6) is 1.03. The molecule has 1 aromatic carbocycles. The SMILES string of the molecule is CCc1ccc(C(=O)Nc2nncn2-c2ccccc2)o1. The van der Waals surface area contributed by atoms with Crippen LogP contribution in [-0.4, -0.2) is 20.7 Å². The molecule has 1 amide bonds. The number of benzene rings is 1. The van der Waals surface area contributed by atoms with Crippen LogP contribution in [0.25, 0.3) is 5.69 Å². The summed E-state index contributed by atoms with van der Waals surface area (Å²) >= 11 is 0. The number of anilines is 1. The maximum atomic E-state index is 12.1. The van der Waals surface area contributed by atoms with Gasteiger partial charge < -0.3 is 4.42 Å². The van der Waals surface area contributed by atoms with Crippen LogP contribution in [0.4, 0.5) is 5.95 Å². The van der Waals surface area contributed by atoms with Gasteiger partial charge in [-0.25, -0.2) is 0 Å². The summed E-state index contributed by atoms with van der Waals surface area (Å²) < 4.78 is 7.12. The second-order valence-electron chi connectivity index (χ2n) is 4.43. The summed E-state index contributed by atoms with van der Waals surface area (Å²) in [5, 5.41) is 10.5. The second-order valence-corrected chi connectivity index (χ2v) is 4.43. The van der Waals surface area contributed by atoms with Crippen molar-refractivity contribution in [3.63, 3.8) is 0 Å². The monoisotopic (exact) mass is 282 g/mol. The van der Waals surface area contributed by atoms with Crippen molar-refractivity contribution in [1.29, 1.82) is 0 Å². The van der Waals surface area contributed by atoms with Crippen LogP contribution < -0.4 is 5.32 Å². The van der Waals surface area contributed by atoms with Crippen LogP contribution in [0.3, 0.4) is 0 Å². The highest BCUT2D eigenvalue weighted by molar-refractivity contribution is 6.01. The lowest BCUT2D eigenvalue weighted by molar-refractivity contribution is 0.0994. The molecule has 1 N–H and O–H groups in total. The lowest BCUT2D eigenvalue weighted by atomic mass is 10.3. The maximum Gasteiger partial charge on any atom is 0.293 e. The number of hydrogen-bond donors (Lipinski definition) is 1. The van der Waals surface area contributed by atoms with Crippen molar-refractivity contribution in [2.45, 2.75) is 13.3 Å². The molecule has 6 heteroatoms. The molecule has 0 aliphatic rings. The molecule has 21 heavy (non-hydrogen) atoms. The van der Waals surface area contributed by atoms with E-state index in [1.165, 1.54) is 0 Å². The molecular formula is C15H14N4O2. The number of rotatable bonds is 4. The first-order chi connectivity index (χ1) is 10.3. The van der Waals surface area contributed by atoms with Crippen LogP contribution in [0.1, 0.15) is 23.2 Å². The Labute approximate surface area is 121 Å². The summed E-state index contributed by atoms with van der Waals surface area (Å²) in [6.07, 6.45) is 2.29. The lowest BCUT2D eigenvalue weighted by Gasteiger charge is -2.06. The topological polar surface area (TPSA) is 73.0 Å². The molecule has 0 radical (unpaired) electrons. The molecule has 3 aromatic rings. The van der Waals surface area contributed by atoms with Crippen molar-refractivity contribution in [1.82, 2.24) is 14.8 Å². The normalized spacial score (nSPS) is 10.5. The van der Waals surface area contributed by atoms with E-state index in [9.17, 15) is 4.79 Å². The predicted octanol–water partition coefficient (Wildman–Crippen LogP) is 2.68. The van der Waals surface area contributed by atoms with E-state index in [2.05, 4.69) is 15.5 Å². The standard InChI is InChI=1S/C15H14N4O2/c1-2-12-8-9-13(21-12)14(20)17-15-18-16-10-19(15)11-6-4-3-5-7-11/h3-10H,2H2,1H3,(H,17,18,20). The third kappa shape index (κ3) is 2.69. The first-order valence-corrected chi connectivity index (χ1v) is 6.63. The number of furan rings is 1. The average Bonchev–Trinajstić information content (AvgIpc) is 3.17. The van der Waals surface area contributed by atoms with Crippen LogP contribution in [-0.2, 0) is 6.42 Å². The molecule has 0 spiro atoms. The molecule has 2 heterocycles. The van der Waals surface area contributed by atoms with E-state index >= 15 is 0 Å². The van der Waals surface area contributed by atoms with Crippen molar-refractivity contribution in [2.24, 2.45) is 0 Å². The fraction of sp³-hybridized carbons (Fsp3) is 0.133. The highest BCUT2D eigenvalue weighted by Crippen LogP contribution is 2.15. The van der Waals surface area contributed by atoms with Crippen molar-refractivity contribution in [2.75, 3.05) is 5.32 Å². The molecule has 2 aromatic heterocycles. The van der Waals surface area contributed by atoms with Crippen molar-refractivity contribution < 1.29 is 9.21 Å². The zero-order chi connectivity index (χ0) is 14.7. The predicted molar refractivity (Wildman–Crippen MR) is 77.4 cm³/mol. The van der Waals surface area contributed by atoms with Gasteiger partial charge in [0.25, 0.3) is 5.91 Å². The average molecular weight is 282 g/mol. The maximum absolute atomic E-state index is 12.1. The Morgan fingerprint density at radius 3 is 2.76 bits per heavy atom. The van der Waals surface area contributed by atoms with Gasteiger partial charge in [-0.1, -0.05) is 25.1 Å². The lowest BCUT2D eigenvalue weighted by Crippen LogP contribution is -2.14. The Morgan fingerprint density at radius 2 is 2.05 bits per heavy atom. The van der Waals surface area contributed by atoms with Gasteiger partial charge in [-0.05, 0) is 24.3 Å². The van der Waals surface area contributed by atoms with E-state index in [4.69, 9.17) is 4.42 Å². The zero-order valence-corrected chi connectivity index (χ0v) is 11.5. The highest BCUT2D eigenvalue weighted by atomic mass is 16.3. The Morgan fingerprint density at radius 1 is 1.24 bits per heavy atom. The molecule has 6 nitrogen and oxygen atoms in total. The third-order valence-electron chi connectivity index (χ3n) is 3.04. The zero-order valence-electron chi connectivity index (χ0n) is 11.5. The molecule has 0 bridgehead atoms. The van der Waals surface area contributed by atoms with Gasteiger partial charge in [0.2, 0.25) is 5.95 Å². The first kappa shape index (κ1) is 13.1. The number of carbonyl (C=O) groups is 1. The minimum atomic E-state index is -0.347. The molecule has 0 saturated heterocycles. The van der Waals surface area contributed by atoms with E-state index in [1.807, 2.05) is 37.3 Å². The van der Waals surface area contributed by atoms with Crippen LogP contribution >= 0.6 is 0 Å². The summed E-state index contributed by atoms with van der Waals surface area (Å²) in [5.41, 5.74) is 0.867. The number of nitrogens with one attached hydrogen (secondary N) is 1. The number of aryl methyl sites for hydroxylation is 1. The fourth-order valence-electron chi connectivity index (χ4n) is 1.95. The molecule has 0 saturated carbocycles. The molecule has 3 rings (SSSR count). The fourth-order valence-corrected chi connectivity index (χ4v) is 1.95. The molecule has 106 valence electrons. The quantitative estimate of drug-likeness (QED) is 0.798. The van der Waals surface area contributed by atoms with Crippen molar-refractivity contribution >= 4 is 11.9 Å². The number of carbonyl (C=O) groups excluding carboxylic acids is 1. The number of para-hydroxylation sites is 1. The molecule has 0 atom stereocenters. The summed E-state index contributed by atoms with van der Waals surface area (Å²) in [4.78, 5) is 12.1. The largest absolute Gasteiger partial charge is 0.456 e. The van der Waals surface area contributed by atoms with Gasteiger partial charge in [0, 0.05) is 6.42 Å². The Bertz CT molecular complexity index is 746. The number of hydrogen-bond acceptors (Lipinski definition) is 4. The van der Waals surface area contributed by atoms with Crippen molar-refractivity contribution in [3.05, 3.63) is 60.3 Å². The van der Waals surface area contributed by atoms with Gasteiger partial charge in [-0.2, -0.15) is 0 Å². The number of nitrogens with zero attached hydrogens (tertiary/aromatic N) is 3. The summed E-state index contributed by atoms with van der Waals surface area (Å²) in [6.45, 7) is 1.96. The van der Waals surface area contributed by atoms with Gasteiger partial charge >= 0.3 is 0 Å². The van der Waals surface area contributed by atoms with E-state index in [0.29, 0.717) is 5.95 Å². The summed E-state index contributed by atoms with van der Waals surface area (Å²) in [7, 11) is 0. The third-order valence-corrected chi connectivity index (χ3v) is 3.04.